The Hall–Kier alpha value is -1.85. The number of ketones is 1. The molecule has 4 unspecified atom stereocenters. The summed E-state index contributed by atoms with van der Waals surface area (Å²) in [6, 6.07) is 3.53. The van der Waals surface area contributed by atoms with E-state index in [1.165, 1.54) is 0 Å². The molecule has 2 fully saturated rings. The maximum Gasteiger partial charge on any atom is 0.174 e. The minimum atomic E-state index is -1.02. The van der Waals surface area contributed by atoms with Crippen molar-refractivity contribution in [2.45, 2.75) is 55.3 Å². The van der Waals surface area contributed by atoms with E-state index in [0.29, 0.717) is 37.9 Å². The zero-order valence-electron chi connectivity index (χ0n) is 14.2. The van der Waals surface area contributed by atoms with Crippen molar-refractivity contribution < 1.29 is 19.7 Å². The third-order valence-corrected chi connectivity index (χ3v) is 6.96. The number of hydrogen-bond donors (Lipinski definition) is 2. The first-order valence-electron chi connectivity index (χ1n) is 9.15. The molecule has 2 heterocycles. The van der Waals surface area contributed by atoms with Gasteiger partial charge in [-0.25, -0.2) is 0 Å². The van der Waals surface area contributed by atoms with Crippen molar-refractivity contribution in [2.75, 3.05) is 13.1 Å². The number of rotatable bonds is 2. The van der Waals surface area contributed by atoms with Gasteiger partial charge in [-0.05, 0) is 37.3 Å². The Balaban J connectivity index is 1.80. The number of hydrogen-bond acceptors (Lipinski definition) is 5. The Morgan fingerprint density at radius 1 is 1.40 bits per heavy atom. The topological polar surface area (TPSA) is 70.0 Å². The summed E-state index contributed by atoms with van der Waals surface area (Å²) in [6.07, 6.45) is 4.25. The van der Waals surface area contributed by atoms with Gasteiger partial charge in [-0.15, -0.1) is 6.58 Å². The quantitative estimate of drug-likeness (QED) is 0.801. The number of nitrogens with zero attached hydrogens (tertiary/aromatic N) is 1. The number of benzene rings is 1. The van der Waals surface area contributed by atoms with Gasteiger partial charge in [0.1, 0.15) is 0 Å². The fourth-order valence-electron chi connectivity index (χ4n) is 6.02. The number of phenols is 1. The van der Waals surface area contributed by atoms with E-state index in [4.69, 9.17) is 4.74 Å². The van der Waals surface area contributed by atoms with Crippen LogP contribution >= 0.6 is 0 Å². The number of carbonyl (C=O) groups is 1. The number of likely N-dealkylation sites (tertiary alicyclic amines) is 1. The zero-order chi connectivity index (χ0) is 17.4. The highest BCUT2D eigenvalue weighted by Gasteiger charge is 2.71. The first-order valence-corrected chi connectivity index (χ1v) is 9.15. The summed E-state index contributed by atoms with van der Waals surface area (Å²) in [7, 11) is 0. The Morgan fingerprint density at radius 3 is 3.04 bits per heavy atom. The summed E-state index contributed by atoms with van der Waals surface area (Å²) in [6.45, 7) is 5.38. The molecule has 5 nitrogen and oxygen atoms in total. The number of piperidine rings is 1. The summed E-state index contributed by atoms with van der Waals surface area (Å²) in [5.74, 6) is 0.547. The zero-order valence-corrected chi connectivity index (χ0v) is 14.2. The van der Waals surface area contributed by atoms with Gasteiger partial charge in [-0.2, -0.15) is 0 Å². The van der Waals surface area contributed by atoms with E-state index >= 15 is 0 Å². The van der Waals surface area contributed by atoms with Crippen LogP contribution in [-0.2, 0) is 16.6 Å². The standard InChI is InChI=1S/C20H23NO4/c1-2-9-21-10-8-19-16-12-5-6-13(22)17(16)25-18(19)14(23)4-3-7-20(19,24)15(21)11-12/h2,5-6,15,18,22,24H,1,3-4,7-11H2. The van der Waals surface area contributed by atoms with Gasteiger partial charge >= 0.3 is 0 Å². The van der Waals surface area contributed by atoms with Gasteiger partial charge in [-0.3, -0.25) is 9.69 Å². The van der Waals surface area contributed by atoms with Crippen LogP contribution in [0, 0.1) is 0 Å². The monoisotopic (exact) mass is 341 g/mol. The van der Waals surface area contributed by atoms with E-state index in [0.717, 1.165) is 24.2 Å². The lowest BCUT2D eigenvalue weighted by atomic mass is 9.52. The van der Waals surface area contributed by atoms with Crippen molar-refractivity contribution in [1.29, 1.82) is 0 Å². The van der Waals surface area contributed by atoms with E-state index in [2.05, 4.69) is 11.5 Å². The van der Waals surface area contributed by atoms with Crippen LogP contribution in [0.2, 0.25) is 0 Å². The molecule has 5 heteroatoms. The van der Waals surface area contributed by atoms with E-state index < -0.39 is 17.1 Å². The first kappa shape index (κ1) is 15.4. The van der Waals surface area contributed by atoms with Gasteiger partial charge < -0.3 is 14.9 Å². The lowest BCUT2D eigenvalue weighted by Crippen LogP contribution is -2.74. The molecule has 2 bridgehead atoms. The van der Waals surface area contributed by atoms with E-state index in [1.807, 2.05) is 12.1 Å². The minimum absolute atomic E-state index is 0.0512. The van der Waals surface area contributed by atoms with Gasteiger partial charge in [0.25, 0.3) is 0 Å². The number of Topliss-reactive ketones (excluding diaryl/α,β-unsaturated/α-hetero) is 1. The highest BCUT2D eigenvalue weighted by Crippen LogP contribution is 2.64. The molecular formula is C20H23NO4. The average molecular weight is 341 g/mol. The van der Waals surface area contributed by atoms with Gasteiger partial charge in [0.15, 0.2) is 23.4 Å². The largest absolute Gasteiger partial charge is 0.504 e. The van der Waals surface area contributed by atoms with Crippen molar-refractivity contribution in [2.24, 2.45) is 0 Å². The average Bonchev–Trinajstić information content (AvgIpc) is 2.88. The summed E-state index contributed by atoms with van der Waals surface area (Å²) in [4.78, 5) is 15.1. The molecule has 5 rings (SSSR count). The summed E-state index contributed by atoms with van der Waals surface area (Å²) >= 11 is 0. The first-order chi connectivity index (χ1) is 12.0. The number of aliphatic hydroxyl groups is 1. The predicted octanol–water partition coefficient (Wildman–Crippen LogP) is 1.69. The maximum atomic E-state index is 12.9. The molecule has 0 aromatic heterocycles. The van der Waals surface area contributed by atoms with Crippen molar-refractivity contribution in [3.8, 4) is 11.5 Å². The summed E-state index contributed by atoms with van der Waals surface area (Å²) in [5.41, 5.74) is 0.236. The second-order valence-corrected chi connectivity index (χ2v) is 7.91. The molecule has 1 spiro atoms. The minimum Gasteiger partial charge on any atom is -0.504 e. The Kier molecular flexibility index (Phi) is 3.00. The third kappa shape index (κ3) is 1.64. The molecule has 2 aliphatic heterocycles. The van der Waals surface area contributed by atoms with Crippen LogP contribution in [0.3, 0.4) is 0 Å². The van der Waals surface area contributed by atoms with Crippen LogP contribution < -0.4 is 4.74 Å². The number of phenolic OH excluding ortho intramolecular Hbond substituents is 1. The third-order valence-electron chi connectivity index (χ3n) is 6.96. The van der Waals surface area contributed by atoms with Crippen molar-refractivity contribution >= 4 is 5.78 Å². The van der Waals surface area contributed by atoms with Crippen LogP contribution in [0.4, 0.5) is 0 Å². The Bertz CT molecular complexity index is 790. The van der Waals surface area contributed by atoms with Gasteiger partial charge in [0.05, 0.1) is 11.0 Å². The van der Waals surface area contributed by atoms with Crippen LogP contribution in [-0.4, -0.2) is 51.7 Å². The molecule has 25 heavy (non-hydrogen) atoms. The predicted molar refractivity (Wildman–Crippen MR) is 91.9 cm³/mol. The van der Waals surface area contributed by atoms with Crippen LogP contribution in [0.25, 0.3) is 0 Å². The van der Waals surface area contributed by atoms with Crippen LogP contribution in [0.1, 0.15) is 36.8 Å². The van der Waals surface area contributed by atoms with Gasteiger partial charge in [0, 0.05) is 31.1 Å². The fourth-order valence-corrected chi connectivity index (χ4v) is 6.02. The molecule has 132 valence electrons. The number of ether oxygens (including phenoxy) is 1. The molecule has 2 N–H and O–H groups in total. The maximum absolute atomic E-state index is 12.9. The van der Waals surface area contributed by atoms with Gasteiger partial charge in [-0.1, -0.05) is 12.1 Å². The second kappa shape index (κ2) is 4.86. The molecule has 1 aromatic rings. The van der Waals surface area contributed by atoms with Crippen LogP contribution in [0.15, 0.2) is 24.8 Å². The highest BCUT2D eigenvalue weighted by atomic mass is 16.5. The summed E-state index contributed by atoms with van der Waals surface area (Å²) < 4.78 is 6.06. The molecule has 2 aliphatic carbocycles. The van der Waals surface area contributed by atoms with E-state index in [1.54, 1.807) is 6.07 Å². The van der Waals surface area contributed by atoms with Crippen molar-refractivity contribution in [1.82, 2.24) is 4.90 Å². The Labute approximate surface area is 146 Å². The molecule has 1 saturated heterocycles. The molecule has 0 radical (unpaired) electrons. The SMILES string of the molecule is C=CCN1CCC23c4c5ccc(O)c4OC2C(=O)CCCC3(O)C1C5. The van der Waals surface area contributed by atoms with E-state index in [-0.39, 0.29) is 17.6 Å². The van der Waals surface area contributed by atoms with E-state index in [9.17, 15) is 15.0 Å². The lowest BCUT2D eigenvalue weighted by Gasteiger charge is -2.60. The molecule has 4 aliphatic rings. The molecule has 4 atom stereocenters. The molecular weight excluding hydrogens is 318 g/mol. The molecule has 1 saturated carbocycles. The van der Waals surface area contributed by atoms with Crippen molar-refractivity contribution in [3.05, 3.63) is 35.9 Å². The normalized spacial score (nSPS) is 38.7. The smallest absolute Gasteiger partial charge is 0.174 e. The van der Waals surface area contributed by atoms with Crippen LogP contribution in [0.5, 0.6) is 11.5 Å². The number of carbonyl (C=O) groups excluding carboxylic acids is 1. The Morgan fingerprint density at radius 2 is 2.24 bits per heavy atom. The highest BCUT2D eigenvalue weighted by molar-refractivity contribution is 5.88. The summed E-state index contributed by atoms with van der Waals surface area (Å²) in [5, 5.41) is 22.3. The van der Waals surface area contributed by atoms with Crippen molar-refractivity contribution in [3.63, 3.8) is 0 Å². The second-order valence-electron chi connectivity index (χ2n) is 7.91. The molecule has 0 amide bonds. The fraction of sp³-hybridized carbons (Fsp3) is 0.550. The molecule has 1 aromatic carbocycles. The number of aromatic hydroxyl groups is 1. The lowest BCUT2D eigenvalue weighted by molar-refractivity contribution is -0.166. The van der Waals surface area contributed by atoms with Gasteiger partial charge in [0.2, 0.25) is 0 Å².